The summed E-state index contributed by atoms with van der Waals surface area (Å²) in [4.78, 5) is 15.9. The topological polar surface area (TPSA) is 35.5 Å². The van der Waals surface area contributed by atoms with Crippen LogP contribution in [0.25, 0.3) is 5.57 Å². The van der Waals surface area contributed by atoms with Gasteiger partial charge in [0, 0.05) is 9.75 Å². The molecule has 0 N–H and O–H groups in total. The fourth-order valence-corrected chi connectivity index (χ4v) is 6.13. The van der Waals surface area contributed by atoms with Gasteiger partial charge < -0.3 is 9.47 Å². The Labute approximate surface area is 196 Å². The standard InChI is InChI=1S/C28H36O3S/c1-18(2)16-31-27(29)25-23-15-28(4,5)14-13-24(23)32-26(25)22-8-6-7-20(22)17-30-21-11-9-19(3)10-12-21/h9-12,18H,6-8,13-17H2,1-5H3. The number of carbonyl (C=O) groups excluding carboxylic acids is 1. The van der Waals surface area contributed by atoms with E-state index < -0.39 is 0 Å². The molecule has 0 aliphatic heterocycles. The van der Waals surface area contributed by atoms with E-state index in [1.807, 2.05) is 23.5 Å². The number of fused-ring (bicyclic) bond motifs is 1. The van der Waals surface area contributed by atoms with Crippen molar-refractivity contribution in [1.29, 1.82) is 0 Å². The molecule has 1 aromatic carbocycles. The summed E-state index contributed by atoms with van der Waals surface area (Å²) in [5.74, 6) is 1.10. The minimum atomic E-state index is -0.137. The molecular weight excluding hydrogens is 416 g/mol. The van der Waals surface area contributed by atoms with Crippen LogP contribution in [0.1, 0.15) is 84.6 Å². The Morgan fingerprint density at radius 1 is 1.12 bits per heavy atom. The van der Waals surface area contributed by atoms with Crippen LogP contribution in [0.3, 0.4) is 0 Å². The average molecular weight is 453 g/mol. The number of ether oxygens (including phenoxy) is 2. The van der Waals surface area contributed by atoms with Gasteiger partial charge in [0.15, 0.2) is 0 Å². The highest BCUT2D eigenvalue weighted by Gasteiger charge is 2.35. The van der Waals surface area contributed by atoms with Gasteiger partial charge in [-0.25, -0.2) is 4.79 Å². The lowest BCUT2D eigenvalue weighted by molar-refractivity contribution is 0.0457. The molecule has 0 fully saturated rings. The zero-order chi connectivity index (χ0) is 22.9. The highest BCUT2D eigenvalue weighted by atomic mass is 32.1. The van der Waals surface area contributed by atoms with Crippen LogP contribution in [0.5, 0.6) is 5.75 Å². The largest absolute Gasteiger partial charge is 0.489 e. The number of hydrogen-bond donors (Lipinski definition) is 0. The van der Waals surface area contributed by atoms with Gasteiger partial charge in [-0.05, 0) is 85.6 Å². The number of carbonyl (C=O) groups is 1. The number of thiophene rings is 1. The van der Waals surface area contributed by atoms with Gasteiger partial charge in [0.1, 0.15) is 12.4 Å². The maximum Gasteiger partial charge on any atom is 0.339 e. The van der Waals surface area contributed by atoms with Crippen LogP contribution in [0, 0.1) is 18.3 Å². The number of rotatable bonds is 7. The summed E-state index contributed by atoms with van der Waals surface area (Å²) in [6.45, 7) is 11.9. The van der Waals surface area contributed by atoms with E-state index >= 15 is 0 Å². The van der Waals surface area contributed by atoms with E-state index in [0.29, 0.717) is 19.1 Å². The lowest BCUT2D eigenvalue weighted by Crippen LogP contribution is -2.23. The molecule has 1 aromatic heterocycles. The second-order valence-electron chi connectivity index (χ2n) is 10.6. The monoisotopic (exact) mass is 452 g/mol. The Morgan fingerprint density at radius 2 is 1.88 bits per heavy atom. The Kier molecular flexibility index (Phi) is 6.80. The molecule has 0 saturated carbocycles. The number of benzene rings is 1. The Hall–Kier alpha value is -2.07. The van der Waals surface area contributed by atoms with E-state index in [1.165, 1.54) is 33.6 Å². The molecule has 4 heteroatoms. The molecule has 0 unspecified atom stereocenters. The van der Waals surface area contributed by atoms with E-state index in [1.54, 1.807) is 0 Å². The smallest absolute Gasteiger partial charge is 0.339 e. The summed E-state index contributed by atoms with van der Waals surface area (Å²) in [5, 5.41) is 0. The van der Waals surface area contributed by atoms with Crippen molar-refractivity contribution < 1.29 is 14.3 Å². The average Bonchev–Trinajstić information content (AvgIpc) is 3.34. The Morgan fingerprint density at radius 3 is 2.59 bits per heavy atom. The molecule has 2 aliphatic rings. The van der Waals surface area contributed by atoms with Crippen molar-refractivity contribution >= 4 is 22.9 Å². The highest BCUT2D eigenvalue weighted by molar-refractivity contribution is 7.13. The second-order valence-corrected chi connectivity index (χ2v) is 11.7. The minimum absolute atomic E-state index is 0.137. The Balaban J connectivity index is 1.67. The fraction of sp³-hybridized carbons (Fsp3) is 0.536. The quantitative estimate of drug-likeness (QED) is 0.411. The molecule has 32 heavy (non-hydrogen) atoms. The minimum Gasteiger partial charge on any atom is -0.489 e. The number of hydrogen-bond acceptors (Lipinski definition) is 4. The molecular formula is C28H36O3S. The number of esters is 1. The van der Waals surface area contributed by atoms with E-state index in [0.717, 1.165) is 48.3 Å². The predicted molar refractivity (Wildman–Crippen MR) is 133 cm³/mol. The normalized spacial score (nSPS) is 17.6. The van der Waals surface area contributed by atoms with Crippen LogP contribution in [-0.4, -0.2) is 19.2 Å². The van der Waals surface area contributed by atoms with Gasteiger partial charge in [-0.2, -0.15) is 0 Å². The van der Waals surface area contributed by atoms with Crippen LogP contribution in [0.2, 0.25) is 0 Å². The molecule has 0 spiro atoms. The molecule has 2 aromatic rings. The first-order valence-corrected chi connectivity index (χ1v) is 12.8. The molecule has 3 nitrogen and oxygen atoms in total. The summed E-state index contributed by atoms with van der Waals surface area (Å²) in [5.41, 5.74) is 6.21. The molecule has 0 atom stereocenters. The third kappa shape index (κ3) is 5.11. The molecule has 2 aliphatic carbocycles. The summed E-state index contributed by atoms with van der Waals surface area (Å²) in [6, 6.07) is 8.23. The lowest BCUT2D eigenvalue weighted by atomic mass is 9.76. The van der Waals surface area contributed by atoms with Crippen molar-refractivity contribution in [2.24, 2.45) is 11.3 Å². The maximum absolute atomic E-state index is 13.3. The molecule has 0 amide bonds. The van der Waals surface area contributed by atoms with Crippen LogP contribution >= 0.6 is 11.3 Å². The van der Waals surface area contributed by atoms with E-state index in [4.69, 9.17) is 9.47 Å². The highest BCUT2D eigenvalue weighted by Crippen LogP contribution is 2.47. The second kappa shape index (κ2) is 9.43. The van der Waals surface area contributed by atoms with E-state index in [9.17, 15) is 4.79 Å². The first-order valence-electron chi connectivity index (χ1n) is 12.0. The van der Waals surface area contributed by atoms with Crippen molar-refractivity contribution in [1.82, 2.24) is 0 Å². The molecule has 0 saturated heterocycles. The SMILES string of the molecule is Cc1ccc(OCC2=C(c3sc4c(c3C(=O)OCC(C)C)CC(C)(C)CC4)CCC2)cc1. The van der Waals surface area contributed by atoms with Crippen molar-refractivity contribution in [3.05, 3.63) is 56.3 Å². The van der Waals surface area contributed by atoms with E-state index in [-0.39, 0.29) is 11.4 Å². The van der Waals surface area contributed by atoms with Crippen LogP contribution in [0.4, 0.5) is 0 Å². The Bertz CT molecular complexity index is 1010. The molecule has 0 bridgehead atoms. The van der Waals surface area contributed by atoms with Gasteiger partial charge >= 0.3 is 5.97 Å². The van der Waals surface area contributed by atoms with Gasteiger partial charge in [-0.15, -0.1) is 11.3 Å². The first kappa shape index (κ1) is 23.1. The fourth-order valence-electron chi connectivity index (χ4n) is 4.71. The summed E-state index contributed by atoms with van der Waals surface area (Å²) in [7, 11) is 0. The van der Waals surface area contributed by atoms with Crippen LogP contribution < -0.4 is 4.74 Å². The van der Waals surface area contributed by atoms with Gasteiger partial charge in [0.2, 0.25) is 0 Å². The third-order valence-corrected chi connectivity index (χ3v) is 7.92. The van der Waals surface area contributed by atoms with Gasteiger partial charge in [0.05, 0.1) is 12.2 Å². The summed E-state index contributed by atoms with van der Waals surface area (Å²) >= 11 is 1.84. The van der Waals surface area contributed by atoms with Gasteiger partial charge in [-0.1, -0.05) is 45.4 Å². The predicted octanol–water partition coefficient (Wildman–Crippen LogP) is 7.40. The van der Waals surface area contributed by atoms with Crippen molar-refractivity contribution in [2.75, 3.05) is 13.2 Å². The maximum atomic E-state index is 13.3. The van der Waals surface area contributed by atoms with E-state index in [2.05, 4.69) is 46.8 Å². The van der Waals surface area contributed by atoms with Crippen molar-refractivity contribution in [3.63, 3.8) is 0 Å². The van der Waals surface area contributed by atoms with Crippen molar-refractivity contribution in [2.45, 2.75) is 73.1 Å². The van der Waals surface area contributed by atoms with Crippen LogP contribution in [0.15, 0.2) is 29.8 Å². The number of aryl methyl sites for hydroxylation is 2. The van der Waals surface area contributed by atoms with Gasteiger partial charge in [-0.3, -0.25) is 0 Å². The summed E-state index contributed by atoms with van der Waals surface area (Å²) in [6.07, 6.45) is 6.35. The zero-order valence-electron chi connectivity index (χ0n) is 20.2. The zero-order valence-corrected chi connectivity index (χ0v) is 21.0. The molecule has 0 radical (unpaired) electrons. The lowest BCUT2D eigenvalue weighted by Gasteiger charge is -2.29. The van der Waals surface area contributed by atoms with Gasteiger partial charge in [0.25, 0.3) is 0 Å². The number of allylic oxidation sites excluding steroid dienone is 1. The summed E-state index contributed by atoms with van der Waals surface area (Å²) < 4.78 is 11.9. The van der Waals surface area contributed by atoms with Crippen LogP contribution in [-0.2, 0) is 17.6 Å². The van der Waals surface area contributed by atoms with Crippen molar-refractivity contribution in [3.8, 4) is 5.75 Å². The molecule has 4 rings (SSSR count). The first-order chi connectivity index (χ1) is 15.2. The molecule has 172 valence electrons. The molecule has 1 heterocycles. The third-order valence-electron chi connectivity index (χ3n) is 6.57.